The highest BCUT2D eigenvalue weighted by atomic mass is 32.2. The molecule has 0 aliphatic rings. The predicted octanol–water partition coefficient (Wildman–Crippen LogP) is 3.68. The molecule has 1 N–H and O–H groups in total. The SMILES string of the molecule is CSc1ncc(C(=O)Nc2nc3c(C)cc(C)cc3s2)cn1. The number of thioether (sulfide) groups is 1. The van der Waals surface area contributed by atoms with Crippen molar-refractivity contribution >= 4 is 44.4 Å². The fourth-order valence-corrected chi connectivity index (χ4v) is 3.49. The fraction of sp³-hybridized carbons (Fsp3) is 0.200. The van der Waals surface area contributed by atoms with E-state index in [0.29, 0.717) is 15.9 Å². The van der Waals surface area contributed by atoms with Gasteiger partial charge in [-0.25, -0.2) is 15.0 Å². The van der Waals surface area contributed by atoms with Crippen molar-refractivity contribution in [3.8, 4) is 0 Å². The number of hydrogen-bond donors (Lipinski definition) is 1. The van der Waals surface area contributed by atoms with Gasteiger partial charge in [0.1, 0.15) is 0 Å². The van der Waals surface area contributed by atoms with Crippen molar-refractivity contribution in [3.05, 3.63) is 41.2 Å². The number of rotatable bonds is 3. The smallest absolute Gasteiger partial charge is 0.260 e. The van der Waals surface area contributed by atoms with Gasteiger partial charge in [0.15, 0.2) is 10.3 Å². The van der Waals surface area contributed by atoms with Crippen LogP contribution >= 0.6 is 23.1 Å². The van der Waals surface area contributed by atoms with Crippen LogP contribution in [0.5, 0.6) is 0 Å². The zero-order valence-electron chi connectivity index (χ0n) is 12.4. The van der Waals surface area contributed by atoms with Crippen LogP contribution < -0.4 is 5.32 Å². The Balaban J connectivity index is 1.85. The topological polar surface area (TPSA) is 67.8 Å². The summed E-state index contributed by atoms with van der Waals surface area (Å²) in [5, 5.41) is 4.04. The molecule has 0 saturated heterocycles. The summed E-state index contributed by atoms with van der Waals surface area (Å²) in [7, 11) is 0. The molecule has 0 spiro atoms. The molecule has 0 atom stereocenters. The molecule has 22 heavy (non-hydrogen) atoms. The second-order valence-electron chi connectivity index (χ2n) is 4.86. The summed E-state index contributed by atoms with van der Waals surface area (Å²) in [4.78, 5) is 24.9. The van der Waals surface area contributed by atoms with Crippen LogP contribution in [0, 0.1) is 13.8 Å². The van der Waals surface area contributed by atoms with E-state index in [0.717, 1.165) is 15.8 Å². The van der Waals surface area contributed by atoms with E-state index in [4.69, 9.17) is 0 Å². The standard InChI is InChI=1S/C15H14N4OS2/c1-8-4-9(2)12-11(5-8)22-15(18-12)19-13(20)10-6-16-14(21-3)17-7-10/h4-7H,1-3H3,(H,18,19,20). The molecule has 2 heterocycles. The maximum absolute atomic E-state index is 12.2. The van der Waals surface area contributed by atoms with Gasteiger partial charge in [-0.3, -0.25) is 10.1 Å². The number of carbonyl (C=O) groups excluding carboxylic acids is 1. The first-order valence-electron chi connectivity index (χ1n) is 6.62. The van der Waals surface area contributed by atoms with E-state index in [1.807, 2.05) is 13.2 Å². The molecule has 0 bridgehead atoms. The van der Waals surface area contributed by atoms with E-state index in [2.05, 4.69) is 39.3 Å². The Hall–Kier alpha value is -1.99. The maximum atomic E-state index is 12.2. The van der Waals surface area contributed by atoms with Crippen LogP contribution in [0.2, 0.25) is 0 Å². The molecule has 1 amide bonds. The Morgan fingerprint density at radius 3 is 2.64 bits per heavy atom. The lowest BCUT2D eigenvalue weighted by Gasteiger charge is -2.01. The zero-order valence-corrected chi connectivity index (χ0v) is 14.0. The average molecular weight is 330 g/mol. The molecule has 112 valence electrons. The molecular weight excluding hydrogens is 316 g/mol. The number of benzene rings is 1. The molecule has 0 aliphatic carbocycles. The van der Waals surface area contributed by atoms with E-state index in [1.165, 1.54) is 41.1 Å². The lowest BCUT2D eigenvalue weighted by Crippen LogP contribution is -2.12. The summed E-state index contributed by atoms with van der Waals surface area (Å²) in [5.74, 6) is -0.249. The number of nitrogens with one attached hydrogen (secondary N) is 1. The summed E-state index contributed by atoms with van der Waals surface area (Å²) in [6.07, 6.45) is 4.94. The highest BCUT2D eigenvalue weighted by Gasteiger charge is 2.12. The maximum Gasteiger partial charge on any atom is 0.260 e. The molecule has 2 aromatic heterocycles. The van der Waals surface area contributed by atoms with Crippen LogP contribution in [0.3, 0.4) is 0 Å². The van der Waals surface area contributed by atoms with Gasteiger partial charge in [-0.2, -0.15) is 0 Å². The molecule has 0 fully saturated rings. The van der Waals surface area contributed by atoms with Gasteiger partial charge in [-0.15, -0.1) is 0 Å². The third-order valence-corrected chi connectivity index (χ3v) is 4.62. The average Bonchev–Trinajstić information content (AvgIpc) is 2.90. The van der Waals surface area contributed by atoms with Gasteiger partial charge in [0, 0.05) is 12.4 Å². The Bertz CT molecular complexity index is 843. The molecule has 0 unspecified atom stereocenters. The Labute approximate surface area is 136 Å². The Kier molecular flexibility index (Phi) is 4.08. The summed E-state index contributed by atoms with van der Waals surface area (Å²) in [5.41, 5.74) is 3.65. The second kappa shape index (κ2) is 6.02. The van der Waals surface area contributed by atoms with Crippen LogP contribution in [-0.4, -0.2) is 27.1 Å². The van der Waals surface area contributed by atoms with Crippen molar-refractivity contribution in [3.63, 3.8) is 0 Å². The zero-order chi connectivity index (χ0) is 15.7. The third kappa shape index (κ3) is 2.95. The number of aryl methyl sites for hydroxylation is 2. The Morgan fingerprint density at radius 1 is 1.23 bits per heavy atom. The van der Waals surface area contributed by atoms with Gasteiger partial charge in [0.25, 0.3) is 5.91 Å². The summed E-state index contributed by atoms with van der Waals surface area (Å²) >= 11 is 2.90. The van der Waals surface area contributed by atoms with Gasteiger partial charge in [0.2, 0.25) is 0 Å². The largest absolute Gasteiger partial charge is 0.298 e. The first kappa shape index (κ1) is 14.9. The summed E-state index contributed by atoms with van der Waals surface area (Å²) in [6, 6.07) is 4.16. The molecule has 3 rings (SSSR count). The van der Waals surface area contributed by atoms with E-state index in [1.54, 1.807) is 0 Å². The van der Waals surface area contributed by atoms with Gasteiger partial charge in [-0.05, 0) is 37.3 Å². The number of anilines is 1. The number of nitrogens with zero attached hydrogens (tertiary/aromatic N) is 3. The molecule has 7 heteroatoms. The minimum atomic E-state index is -0.249. The van der Waals surface area contributed by atoms with E-state index < -0.39 is 0 Å². The van der Waals surface area contributed by atoms with Crippen molar-refractivity contribution in [1.82, 2.24) is 15.0 Å². The number of hydrogen-bond acceptors (Lipinski definition) is 6. The quantitative estimate of drug-likeness (QED) is 0.586. The van der Waals surface area contributed by atoms with Crippen LogP contribution in [0.1, 0.15) is 21.5 Å². The minimum Gasteiger partial charge on any atom is -0.298 e. The van der Waals surface area contributed by atoms with Gasteiger partial charge in [0.05, 0.1) is 15.8 Å². The second-order valence-corrected chi connectivity index (χ2v) is 6.66. The van der Waals surface area contributed by atoms with Crippen LogP contribution in [0.4, 0.5) is 5.13 Å². The molecule has 1 aromatic carbocycles. The molecule has 5 nitrogen and oxygen atoms in total. The van der Waals surface area contributed by atoms with Crippen LogP contribution in [0.15, 0.2) is 29.7 Å². The number of thiazole rings is 1. The van der Waals surface area contributed by atoms with Gasteiger partial charge in [-0.1, -0.05) is 29.2 Å². The van der Waals surface area contributed by atoms with E-state index in [-0.39, 0.29) is 5.91 Å². The van der Waals surface area contributed by atoms with Crippen molar-refractivity contribution in [2.75, 3.05) is 11.6 Å². The summed E-state index contributed by atoms with van der Waals surface area (Å²) < 4.78 is 1.07. The minimum absolute atomic E-state index is 0.249. The molecule has 0 aliphatic heterocycles. The first-order valence-corrected chi connectivity index (χ1v) is 8.66. The van der Waals surface area contributed by atoms with Gasteiger partial charge < -0.3 is 0 Å². The molecule has 3 aromatic rings. The monoisotopic (exact) mass is 330 g/mol. The number of amides is 1. The predicted molar refractivity (Wildman–Crippen MR) is 90.9 cm³/mol. The number of aromatic nitrogens is 3. The van der Waals surface area contributed by atoms with Crippen molar-refractivity contribution in [2.45, 2.75) is 19.0 Å². The normalized spacial score (nSPS) is 10.9. The number of carbonyl (C=O) groups is 1. The highest BCUT2D eigenvalue weighted by molar-refractivity contribution is 7.98. The lowest BCUT2D eigenvalue weighted by atomic mass is 10.1. The van der Waals surface area contributed by atoms with Crippen LogP contribution in [0.25, 0.3) is 10.2 Å². The summed E-state index contributed by atoms with van der Waals surface area (Å²) in [6.45, 7) is 4.07. The van der Waals surface area contributed by atoms with Crippen molar-refractivity contribution < 1.29 is 4.79 Å². The van der Waals surface area contributed by atoms with Crippen molar-refractivity contribution in [1.29, 1.82) is 0 Å². The molecule has 0 saturated carbocycles. The Morgan fingerprint density at radius 2 is 1.95 bits per heavy atom. The van der Waals surface area contributed by atoms with E-state index >= 15 is 0 Å². The van der Waals surface area contributed by atoms with Crippen LogP contribution in [-0.2, 0) is 0 Å². The van der Waals surface area contributed by atoms with Crippen molar-refractivity contribution in [2.24, 2.45) is 0 Å². The first-order chi connectivity index (χ1) is 10.6. The fourth-order valence-electron chi connectivity index (χ4n) is 2.13. The third-order valence-electron chi connectivity index (χ3n) is 3.12. The lowest BCUT2D eigenvalue weighted by molar-refractivity contribution is 0.102. The van der Waals surface area contributed by atoms with Gasteiger partial charge >= 0.3 is 0 Å². The molecular formula is C15H14N4OS2. The highest BCUT2D eigenvalue weighted by Crippen LogP contribution is 2.29. The molecule has 0 radical (unpaired) electrons. The number of fused-ring (bicyclic) bond motifs is 1. The van der Waals surface area contributed by atoms with E-state index in [9.17, 15) is 4.79 Å².